The van der Waals surface area contributed by atoms with E-state index < -0.39 is 0 Å². The number of nitrogens with zero attached hydrogens (tertiary/aromatic N) is 1. The van der Waals surface area contributed by atoms with E-state index in [9.17, 15) is 5.11 Å². The maximum absolute atomic E-state index is 10.9. The van der Waals surface area contributed by atoms with Crippen molar-refractivity contribution in [2.24, 2.45) is 4.99 Å². The van der Waals surface area contributed by atoms with Gasteiger partial charge in [-0.05, 0) is 51.2 Å². The van der Waals surface area contributed by atoms with Crippen LogP contribution in [-0.4, -0.2) is 10.8 Å². The predicted molar refractivity (Wildman–Crippen MR) is 139 cm³/mol. The van der Waals surface area contributed by atoms with E-state index in [-0.39, 0.29) is 5.75 Å². The third-order valence-electron chi connectivity index (χ3n) is 6.17. The summed E-state index contributed by atoms with van der Waals surface area (Å²) >= 11 is 0. The molecule has 0 atom stereocenters. The SMILES string of the molecule is Oc1ccccc1C(=Nc1cccc2ccccc12)c1c2ccccc2cc2ccccc12. The normalized spacial score (nSPS) is 11.9. The summed E-state index contributed by atoms with van der Waals surface area (Å²) in [5, 5.41) is 17.6. The summed E-state index contributed by atoms with van der Waals surface area (Å²) in [5.41, 5.74) is 3.38. The molecule has 0 saturated heterocycles. The van der Waals surface area contributed by atoms with Crippen molar-refractivity contribution in [1.82, 2.24) is 0 Å². The summed E-state index contributed by atoms with van der Waals surface area (Å²) in [4.78, 5) is 5.24. The molecule has 0 spiro atoms. The third kappa shape index (κ3) is 3.33. The van der Waals surface area contributed by atoms with Crippen molar-refractivity contribution < 1.29 is 5.11 Å². The van der Waals surface area contributed by atoms with Crippen molar-refractivity contribution in [2.45, 2.75) is 0 Å². The predicted octanol–water partition coefficient (Wildman–Crippen LogP) is 8.02. The van der Waals surface area contributed by atoms with Crippen molar-refractivity contribution in [1.29, 1.82) is 0 Å². The second kappa shape index (κ2) is 7.92. The number of aliphatic imine (C=N–C) groups is 1. The number of phenolic OH excluding ortho intramolecular Hbond substituents is 1. The van der Waals surface area contributed by atoms with Crippen molar-refractivity contribution in [3.8, 4) is 5.75 Å². The molecule has 0 fully saturated rings. The Morgan fingerprint density at radius 3 is 1.76 bits per heavy atom. The minimum Gasteiger partial charge on any atom is -0.507 e. The lowest BCUT2D eigenvalue weighted by Crippen LogP contribution is -2.06. The average Bonchev–Trinajstić information content (AvgIpc) is 2.87. The summed E-state index contributed by atoms with van der Waals surface area (Å²) < 4.78 is 0. The monoisotopic (exact) mass is 423 g/mol. The van der Waals surface area contributed by atoms with Crippen molar-refractivity contribution >= 4 is 43.7 Å². The van der Waals surface area contributed by atoms with Crippen LogP contribution in [-0.2, 0) is 0 Å². The molecular weight excluding hydrogens is 402 g/mol. The maximum Gasteiger partial charge on any atom is 0.124 e. The summed E-state index contributed by atoms with van der Waals surface area (Å²) in [6.07, 6.45) is 0. The van der Waals surface area contributed by atoms with E-state index in [0.717, 1.165) is 49.3 Å². The Bertz CT molecular complexity index is 1620. The highest BCUT2D eigenvalue weighted by Gasteiger charge is 2.18. The lowest BCUT2D eigenvalue weighted by Gasteiger charge is -2.16. The van der Waals surface area contributed by atoms with Gasteiger partial charge in [0.25, 0.3) is 0 Å². The van der Waals surface area contributed by atoms with Crippen LogP contribution in [0.4, 0.5) is 5.69 Å². The minimum absolute atomic E-state index is 0.216. The number of benzene rings is 6. The number of para-hydroxylation sites is 1. The first-order chi connectivity index (χ1) is 16.3. The van der Waals surface area contributed by atoms with Gasteiger partial charge in [0.1, 0.15) is 5.75 Å². The number of phenols is 1. The van der Waals surface area contributed by atoms with Crippen LogP contribution in [0, 0.1) is 0 Å². The minimum atomic E-state index is 0.216. The molecular formula is C31H21NO. The fraction of sp³-hybridized carbons (Fsp3) is 0. The highest BCUT2D eigenvalue weighted by atomic mass is 16.3. The lowest BCUT2D eigenvalue weighted by atomic mass is 9.90. The van der Waals surface area contributed by atoms with Gasteiger partial charge >= 0.3 is 0 Å². The number of fused-ring (bicyclic) bond motifs is 3. The Morgan fingerprint density at radius 2 is 1.06 bits per heavy atom. The van der Waals surface area contributed by atoms with E-state index in [1.165, 1.54) is 0 Å². The van der Waals surface area contributed by atoms with E-state index in [1.807, 2.05) is 42.5 Å². The number of hydrogen-bond acceptors (Lipinski definition) is 2. The van der Waals surface area contributed by atoms with Crippen molar-refractivity contribution in [3.05, 3.63) is 132 Å². The van der Waals surface area contributed by atoms with Gasteiger partial charge < -0.3 is 5.11 Å². The van der Waals surface area contributed by atoms with Crippen LogP contribution in [0.2, 0.25) is 0 Å². The largest absolute Gasteiger partial charge is 0.507 e. The van der Waals surface area contributed by atoms with Gasteiger partial charge in [0.2, 0.25) is 0 Å². The van der Waals surface area contributed by atoms with E-state index in [2.05, 4.69) is 72.8 Å². The molecule has 6 aromatic carbocycles. The van der Waals surface area contributed by atoms with Crippen LogP contribution in [0.5, 0.6) is 5.75 Å². The topological polar surface area (TPSA) is 32.6 Å². The van der Waals surface area contributed by atoms with Gasteiger partial charge in [-0.25, -0.2) is 4.99 Å². The van der Waals surface area contributed by atoms with Crippen molar-refractivity contribution in [2.75, 3.05) is 0 Å². The molecule has 0 aliphatic rings. The summed E-state index contributed by atoms with van der Waals surface area (Å²) in [7, 11) is 0. The fourth-order valence-corrected chi connectivity index (χ4v) is 4.62. The van der Waals surface area contributed by atoms with E-state index in [4.69, 9.17) is 4.99 Å². The quantitative estimate of drug-likeness (QED) is 0.227. The van der Waals surface area contributed by atoms with E-state index in [0.29, 0.717) is 5.56 Å². The molecule has 0 amide bonds. The Kier molecular flexibility index (Phi) is 4.63. The molecule has 0 heterocycles. The fourth-order valence-electron chi connectivity index (χ4n) is 4.62. The first-order valence-electron chi connectivity index (χ1n) is 11.1. The second-order valence-corrected chi connectivity index (χ2v) is 8.17. The average molecular weight is 424 g/mol. The molecule has 156 valence electrons. The van der Waals surface area contributed by atoms with Crippen LogP contribution in [0.25, 0.3) is 32.3 Å². The summed E-state index contributed by atoms with van der Waals surface area (Å²) in [6, 6.07) is 40.9. The number of hydrogen-bond donors (Lipinski definition) is 1. The highest BCUT2D eigenvalue weighted by molar-refractivity contribution is 6.28. The van der Waals surface area contributed by atoms with Gasteiger partial charge in [-0.1, -0.05) is 97.1 Å². The zero-order valence-corrected chi connectivity index (χ0v) is 17.9. The van der Waals surface area contributed by atoms with Gasteiger partial charge in [-0.2, -0.15) is 0 Å². The number of aromatic hydroxyl groups is 1. The van der Waals surface area contributed by atoms with Crippen LogP contribution in [0.1, 0.15) is 11.1 Å². The molecule has 2 nitrogen and oxygen atoms in total. The Morgan fingerprint density at radius 1 is 0.515 bits per heavy atom. The zero-order valence-electron chi connectivity index (χ0n) is 17.9. The molecule has 0 bridgehead atoms. The highest BCUT2D eigenvalue weighted by Crippen LogP contribution is 2.35. The molecule has 33 heavy (non-hydrogen) atoms. The van der Waals surface area contributed by atoms with Gasteiger partial charge in [0, 0.05) is 16.5 Å². The molecule has 0 aliphatic heterocycles. The van der Waals surface area contributed by atoms with Gasteiger partial charge in [-0.3, -0.25) is 0 Å². The molecule has 0 saturated carbocycles. The lowest BCUT2D eigenvalue weighted by molar-refractivity contribution is 0.474. The second-order valence-electron chi connectivity index (χ2n) is 8.17. The standard InChI is InChI=1S/C31H21NO/c33-29-19-8-7-17-27(29)31(32-28-18-9-13-21-10-1-4-14-24(21)28)30-25-15-5-2-11-22(25)20-23-12-3-6-16-26(23)30/h1-20,33H. The van der Waals surface area contributed by atoms with Crippen molar-refractivity contribution in [3.63, 3.8) is 0 Å². The van der Waals surface area contributed by atoms with E-state index >= 15 is 0 Å². The van der Waals surface area contributed by atoms with Crippen LogP contribution in [0.15, 0.2) is 126 Å². The molecule has 0 unspecified atom stereocenters. The summed E-state index contributed by atoms with van der Waals surface area (Å²) in [6.45, 7) is 0. The molecule has 0 aromatic heterocycles. The molecule has 1 N–H and O–H groups in total. The number of rotatable bonds is 3. The van der Waals surface area contributed by atoms with Gasteiger partial charge in [0.05, 0.1) is 11.4 Å². The van der Waals surface area contributed by atoms with Gasteiger partial charge in [-0.15, -0.1) is 0 Å². The molecule has 6 rings (SSSR count). The smallest absolute Gasteiger partial charge is 0.124 e. The Hall–Kier alpha value is -4.43. The van der Waals surface area contributed by atoms with E-state index in [1.54, 1.807) is 6.07 Å². The van der Waals surface area contributed by atoms with Crippen LogP contribution < -0.4 is 0 Å². The first kappa shape index (κ1) is 19.3. The molecule has 0 aliphatic carbocycles. The zero-order chi connectivity index (χ0) is 22.2. The summed E-state index contributed by atoms with van der Waals surface area (Å²) in [5.74, 6) is 0.216. The molecule has 0 radical (unpaired) electrons. The van der Waals surface area contributed by atoms with Crippen LogP contribution >= 0.6 is 0 Å². The third-order valence-corrected chi connectivity index (χ3v) is 6.17. The maximum atomic E-state index is 10.9. The Labute approximate surface area is 192 Å². The van der Waals surface area contributed by atoms with Gasteiger partial charge in [0.15, 0.2) is 0 Å². The van der Waals surface area contributed by atoms with Crippen LogP contribution in [0.3, 0.4) is 0 Å². The molecule has 6 aromatic rings. The Balaban J connectivity index is 1.78. The molecule has 2 heteroatoms. The first-order valence-corrected chi connectivity index (χ1v) is 11.1.